The standard InChI is InChI=1S/C24H24N8O2/c1-34-21-8-2-17(3-9-21)22-14-23(26-15-25-22)31-12-10-18(11-13-31)24(33)28-19-4-6-20(7-5-19)32-16-27-29-30-32/h2-9,14-16,18H,10-13H2,1H3,(H,28,33). The van der Waals surface area contributed by atoms with E-state index >= 15 is 0 Å². The topological polar surface area (TPSA) is 111 Å². The molecule has 4 aromatic rings. The highest BCUT2D eigenvalue weighted by atomic mass is 16.5. The SMILES string of the molecule is COc1ccc(-c2cc(N3CCC(C(=O)Nc4ccc(-n5cnnn5)cc4)CC3)ncn2)cc1. The summed E-state index contributed by atoms with van der Waals surface area (Å²) in [4.78, 5) is 23.9. The van der Waals surface area contributed by atoms with Crippen LogP contribution in [-0.2, 0) is 4.79 Å². The largest absolute Gasteiger partial charge is 0.497 e. The van der Waals surface area contributed by atoms with Gasteiger partial charge in [-0.3, -0.25) is 4.79 Å². The van der Waals surface area contributed by atoms with Gasteiger partial charge >= 0.3 is 0 Å². The molecule has 0 radical (unpaired) electrons. The van der Waals surface area contributed by atoms with Crippen LogP contribution in [0, 0.1) is 5.92 Å². The number of carbonyl (C=O) groups excluding carboxylic acids is 1. The number of methoxy groups -OCH3 is 1. The lowest BCUT2D eigenvalue weighted by Gasteiger charge is -2.32. The molecule has 1 aliphatic rings. The van der Waals surface area contributed by atoms with Gasteiger partial charge in [0.15, 0.2) is 0 Å². The molecule has 1 N–H and O–H groups in total. The predicted octanol–water partition coefficient (Wildman–Crippen LogP) is 2.98. The quantitative estimate of drug-likeness (QED) is 0.471. The highest BCUT2D eigenvalue weighted by Crippen LogP contribution is 2.27. The average molecular weight is 457 g/mol. The summed E-state index contributed by atoms with van der Waals surface area (Å²) >= 11 is 0. The number of piperidine rings is 1. The van der Waals surface area contributed by atoms with Gasteiger partial charge in [0, 0.05) is 36.3 Å². The van der Waals surface area contributed by atoms with E-state index in [9.17, 15) is 4.79 Å². The molecular formula is C24H24N8O2. The van der Waals surface area contributed by atoms with Crippen LogP contribution in [0.25, 0.3) is 16.9 Å². The molecule has 1 aliphatic heterocycles. The summed E-state index contributed by atoms with van der Waals surface area (Å²) in [6.45, 7) is 1.52. The third-order valence-corrected chi connectivity index (χ3v) is 5.98. The highest BCUT2D eigenvalue weighted by molar-refractivity contribution is 5.92. The van der Waals surface area contributed by atoms with Crippen LogP contribution in [0.2, 0.25) is 0 Å². The Morgan fingerprint density at radius 1 is 1.03 bits per heavy atom. The number of anilines is 2. The molecule has 5 rings (SSSR count). The molecule has 0 unspecified atom stereocenters. The van der Waals surface area contributed by atoms with E-state index in [-0.39, 0.29) is 11.8 Å². The number of ether oxygens (including phenoxy) is 1. The van der Waals surface area contributed by atoms with Crippen molar-refractivity contribution in [3.63, 3.8) is 0 Å². The van der Waals surface area contributed by atoms with Crippen LogP contribution in [0.5, 0.6) is 5.75 Å². The number of aromatic nitrogens is 6. The molecule has 0 atom stereocenters. The molecule has 2 aromatic carbocycles. The van der Waals surface area contributed by atoms with Crippen molar-refractivity contribution in [2.45, 2.75) is 12.8 Å². The number of hydrogen-bond acceptors (Lipinski definition) is 8. The minimum atomic E-state index is -0.0432. The van der Waals surface area contributed by atoms with Crippen LogP contribution in [0.4, 0.5) is 11.5 Å². The van der Waals surface area contributed by atoms with E-state index in [1.54, 1.807) is 18.1 Å². The lowest BCUT2D eigenvalue weighted by Crippen LogP contribution is -2.38. The molecule has 1 fully saturated rings. The van der Waals surface area contributed by atoms with Gasteiger partial charge in [-0.25, -0.2) is 14.6 Å². The summed E-state index contributed by atoms with van der Waals surface area (Å²) in [6, 6.07) is 17.2. The van der Waals surface area contributed by atoms with E-state index in [4.69, 9.17) is 4.74 Å². The Morgan fingerprint density at radius 3 is 2.47 bits per heavy atom. The fourth-order valence-corrected chi connectivity index (χ4v) is 4.03. The molecule has 1 amide bonds. The number of nitrogens with one attached hydrogen (secondary N) is 1. The van der Waals surface area contributed by atoms with Crippen LogP contribution in [0.15, 0.2) is 67.3 Å². The first-order valence-corrected chi connectivity index (χ1v) is 11.1. The fourth-order valence-electron chi connectivity index (χ4n) is 4.03. The van der Waals surface area contributed by atoms with Crippen LogP contribution >= 0.6 is 0 Å². The maximum atomic E-state index is 12.8. The second-order valence-corrected chi connectivity index (χ2v) is 8.04. The van der Waals surface area contributed by atoms with Crippen molar-refractivity contribution in [1.29, 1.82) is 0 Å². The first-order chi connectivity index (χ1) is 16.7. The Morgan fingerprint density at radius 2 is 1.79 bits per heavy atom. The van der Waals surface area contributed by atoms with Crippen molar-refractivity contribution < 1.29 is 9.53 Å². The van der Waals surface area contributed by atoms with Gasteiger partial charge in [0.05, 0.1) is 18.5 Å². The summed E-state index contributed by atoms with van der Waals surface area (Å²) in [7, 11) is 1.65. The van der Waals surface area contributed by atoms with E-state index < -0.39 is 0 Å². The van der Waals surface area contributed by atoms with Crippen molar-refractivity contribution in [2.24, 2.45) is 5.92 Å². The number of amides is 1. The Bertz CT molecular complexity index is 1230. The molecule has 2 aromatic heterocycles. The van der Waals surface area contributed by atoms with Crippen molar-refractivity contribution in [3.8, 4) is 22.7 Å². The summed E-state index contributed by atoms with van der Waals surface area (Å²) < 4.78 is 6.79. The minimum absolute atomic E-state index is 0.0384. The molecule has 172 valence electrons. The van der Waals surface area contributed by atoms with Gasteiger partial charge in [-0.05, 0) is 71.8 Å². The van der Waals surface area contributed by atoms with E-state index in [0.717, 1.165) is 60.1 Å². The number of rotatable bonds is 6. The van der Waals surface area contributed by atoms with Crippen LogP contribution < -0.4 is 15.0 Å². The number of tetrazole rings is 1. The molecule has 10 heteroatoms. The molecular weight excluding hydrogens is 432 g/mol. The Hall–Kier alpha value is -4.34. The first kappa shape index (κ1) is 21.5. The maximum absolute atomic E-state index is 12.8. The molecule has 10 nitrogen and oxygen atoms in total. The second-order valence-electron chi connectivity index (χ2n) is 8.04. The minimum Gasteiger partial charge on any atom is -0.497 e. The van der Waals surface area contributed by atoms with E-state index in [1.165, 1.54) is 6.33 Å². The molecule has 0 bridgehead atoms. The number of nitrogens with zero attached hydrogens (tertiary/aromatic N) is 7. The third-order valence-electron chi connectivity index (χ3n) is 5.98. The van der Waals surface area contributed by atoms with Crippen molar-refractivity contribution >= 4 is 17.4 Å². The molecule has 1 saturated heterocycles. The van der Waals surface area contributed by atoms with Gasteiger partial charge in [-0.1, -0.05) is 0 Å². The van der Waals surface area contributed by atoms with Crippen LogP contribution in [0.3, 0.4) is 0 Å². The zero-order valence-electron chi connectivity index (χ0n) is 18.7. The Balaban J connectivity index is 1.18. The molecule has 0 spiro atoms. The van der Waals surface area contributed by atoms with Crippen molar-refractivity contribution in [3.05, 3.63) is 67.3 Å². The summed E-state index contributed by atoms with van der Waals surface area (Å²) in [6.07, 6.45) is 4.64. The average Bonchev–Trinajstić information content (AvgIpc) is 3.44. The number of hydrogen-bond donors (Lipinski definition) is 1. The molecule has 0 aliphatic carbocycles. The smallest absolute Gasteiger partial charge is 0.227 e. The zero-order valence-corrected chi connectivity index (χ0v) is 18.7. The first-order valence-electron chi connectivity index (χ1n) is 11.1. The van der Waals surface area contributed by atoms with Crippen molar-refractivity contribution in [2.75, 3.05) is 30.4 Å². The van der Waals surface area contributed by atoms with Gasteiger partial charge in [0.2, 0.25) is 5.91 Å². The van der Waals surface area contributed by atoms with Crippen molar-refractivity contribution in [1.82, 2.24) is 30.2 Å². The third kappa shape index (κ3) is 4.70. The monoisotopic (exact) mass is 456 g/mol. The number of benzene rings is 2. The Labute approximate surface area is 196 Å². The lowest BCUT2D eigenvalue weighted by atomic mass is 9.95. The van der Waals surface area contributed by atoms with Gasteiger partial charge in [-0.15, -0.1) is 5.10 Å². The maximum Gasteiger partial charge on any atom is 0.227 e. The normalized spacial score (nSPS) is 14.1. The van der Waals surface area contributed by atoms with Crippen LogP contribution in [-0.4, -0.2) is 56.3 Å². The molecule has 34 heavy (non-hydrogen) atoms. The van der Waals surface area contributed by atoms with Crippen LogP contribution in [0.1, 0.15) is 12.8 Å². The summed E-state index contributed by atoms with van der Waals surface area (Å²) in [5, 5.41) is 14.1. The second kappa shape index (κ2) is 9.65. The van der Waals surface area contributed by atoms with Gasteiger partial charge < -0.3 is 15.0 Å². The highest BCUT2D eigenvalue weighted by Gasteiger charge is 2.26. The lowest BCUT2D eigenvalue weighted by molar-refractivity contribution is -0.120. The number of carbonyl (C=O) groups is 1. The van der Waals surface area contributed by atoms with Gasteiger partial charge in [0.25, 0.3) is 0 Å². The molecule has 0 saturated carbocycles. The van der Waals surface area contributed by atoms with E-state index in [2.05, 4.69) is 35.7 Å². The fraction of sp³-hybridized carbons (Fsp3) is 0.250. The zero-order chi connectivity index (χ0) is 23.3. The van der Waals surface area contributed by atoms with Gasteiger partial charge in [0.1, 0.15) is 24.2 Å². The van der Waals surface area contributed by atoms with E-state index in [0.29, 0.717) is 0 Å². The summed E-state index contributed by atoms with van der Waals surface area (Å²) in [5.41, 5.74) is 3.45. The Kier molecular flexibility index (Phi) is 6.11. The predicted molar refractivity (Wildman–Crippen MR) is 127 cm³/mol. The molecule has 3 heterocycles. The summed E-state index contributed by atoms with van der Waals surface area (Å²) in [5.74, 6) is 1.68. The van der Waals surface area contributed by atoms with Gasteiger partial charge in [-0.2, -0.15) is 0 Å². The van der Waals surface area contributed by atoms with E-state index in [1.807, 2.05) is 54.6 Å².